The predicted octanol–water partition coefficient (Wildman–Crippen LogP) is 5.18. The third-order valence-corrected chi connectivity index (χ3v) is 5.43. The maximum Gasteiger partial charge on any atom is 0.102 e. The molecule has 0 spiro atoms. The van der Waals surface area contributed by atoms with Crippen molar-refractivity contribution in [3.05, 3.63) is 77.0 Å². The van der Waals surface area contributed by atoms with Crippen molar-refractivity contribution in [2.24, 2.45) is 0 Å². The van der Waals surface area contributed by atoms with Gasteiger partial charge in [-0.05, 0) is 34.4 Å². The van der Waals surface area contributed by atoms with Crippen LogP contribution in [-0.4, -0.2) is 4.98 Å². The summed E-state index contributed by atoms with van der Waals surface area (Å²) in [4.78, 5) is 4.56. The molecule has 5 nitrogen and oxygen atoms in total. The Labute approximate surface area is 170 Å². The van der Waals surface area contributed by atoms with E-state index in [0.717, 1.165) is 21.5 Å². The molecule has 0 aliphatic heterocycles. The van der Waals surface area contributed by atoms with E-state index in [1.165, 1.54) is 0 Å². The maximum absolute atomic E-state index is 9.97. The normalized spacial score (nSPS) is 10.5. The van der Waals surface area contributed by atoms with Crippen LogP contribution in [0.15, 0.2) is 54.7 Å². The van der Waals surface area contributed by atoms with Crippen molar-refractivity contribution < 1.29 is 0 Å². The average Bonchev–Trinajstić information content (AvgIpc) is 2.81. The standard InChI is InChI=1S/C25H9N5/c26-10-19-20(11-27)22(13-29)24-17-8-14-4-1-2-5-15(14)9-18(17)25-16(6-3-7-30-25)23(24)21(19)12-28/h1-9H. The quantitative estimate of drug-likeness (QED) is 0.272. The maximum atomic E-state index is 9.97. The van der Waals surface area contributed by atoms with Crippen molar-refractivity contribution in [1.82, 2.24) is 4.98 Å². The number of benzene rings is 4. The van der Waals surface area contributed by atoms with Crippen LogP contribution in [0.5, 0.6) is 0 Å². The number of nitriles is 4. The Kier molecular flexibility index (Phi) is 3.59. The number of fused-ring (bicyclic) bond motifs is 7. The van der Waals surface area contributed by atoms with Gasteiger partial charge in [-0.2, -0.15) is 21.0 Å². The summed E-state index contributed by atoms with van der Waals surface area (Å²) in [5.74, 6) is 0. The minimum absolute atomic E-state index is 0.0678. The van der Waals surface area contributed by atoms with Gasteiger partial charge in [-0.1, -0.05) is 30.3 Å². The number of aromatic nitrogens is 1. The van der Waals surface area contributed by atoms with E-state index < -0.39 is 0 Å². The van der Waals surface area contributed by atoms with Crippen LogP contribution in [0.1, 0.15) is 22.3 Å². The lowest BCUT2D eigenvalue weighted by molar-refractivity contribution is 1.39. The first kappa shape index (κ1) is 17.2. The summed E-state index contributed by atoms with van der Waals surface area (Å²) in [6, 6.07) is 23.5. The van der Waals surface area contributed by atoms with Gasteiger partial charge >= 0.3 is 0 Å². The molecule has 0 aliphatic carbocycles. The van der Waals surface area contributed by atoms with Gasteiger partial charge < -0.3 is 0 Å². The zero-order valence-corrected chi connectivity index (χ0v) is 15.4. The minimum atomic E-state index is -0.0747. The first-order chi connectivity index (χ1) is 14.7. The van der Waals surface area contributed by atoms with Crippen LogP contribution in [0, 0.1) is 45.3 Å². The molecule has 134 valence electrons. The highest BCUT2D eigenvalue weighted by Gasteiger charge is 2.24. The van der Waals surface area contributed by atoms with E-state index in [0.29, 0.717) is 21.7 Å². The van der Waals surface area contributed by atoms with E-state index in [1.807, 2.05) is 54.6 Å². The molecule has 0 fully saturated rings. The van der Waals surface area contributed by atoms with Crippen molar-refractivity contribution >= 4 is 43.2 Å². The molecule has 5 heteroatoms. The highest BCUT2D eigenvalue weighted by atomic mass is 14.6. The lowest BCUT2D eigenvalue weighted by Crippen LogP contribution is -2.00. The number of pyridine rings is 1. The molecule has 0 unspecified atom stereocenters. The van der Waals surface area contributed by atoms with Crippen molar-refractivity contribution in [2.75, 3.05) is 0 Å². The third kappa shape index (κ3) is 2.10. The lowest BCUT2D eigenvalue weighted by atomic mass is 9.85. The summed E-state index contributed by atoms with van der Waals surface area (Å²) in [5.41, 5.74) is 0.737. The number of hydrogen-bond acceptors (Lipinski definition) is 5. The van der Waals surface area contributed by atoms with Crippen molar-refractivity contribution in [1.29, 1.82) is 21.0 Å². The Morgan fingerprint density at radius 2 is 1.10 bits per heavy atom. The Balaban J connectivity index is 2.27. The van der Waals surface area contributed by atoms with E-state index in [-0.39, 0.29) is 22.3 Å². The minimum Gasteiger partial charge on any atom is -0.256 e. The fraction of sp³-hybridized carbons (Fsp3) is 0. The Morgan fingerprint density at radius 1 is 0.567 bits per heavy atom. The lowest BCUT2D eigenvalue weighted by Gasteiger charge is -2.15. The molecule has 0 aliphatic rings. The molecule has 0 N–H and O–H groups in total. The van der Waals surface area contributed by atoms with Gasteiger partial charge in [-0.15, -0.1) is 0 Å². The third-order valence-electron chi connectivity index (χ3n) is 5.43. The van der Waals surface area contributed by atoms with Crippen molar-refractivity contribution in [3.63, 3.8) is 0 Å². The summed E-state index contributed by atoms with van der Waals surface area (Å²) >= 11 is 0. The highest BCUT2D eigenvalue weighted by Crippen LogP contribution is 2.41. The average molecular weight is 379 g/mol. The summed E-state index contributed by atoms with van der Waals surface area (Å²) in [6.07, 6.45) is 1.68. The molecule has 1 aromatic heterocycles. The highest BCUT2D eigenvalue weighted by molar-refractivity contribution is 6.29. The Bertz CT molecular complexity index is 1740. The van der Waals surface area contributed by atoms with Crippen LogP contribution >= 0.6 is 0 Å². The van der Waals surface area contributed by atoms with Crippen LogP contribution in [-0.2, 0) is 0 Å². The van der Waals surface area contributed by atoms with Gasteiger partial charge in [0.15, 0.2) is 0 Å². The molecular weight excluding hydrogens is 370 g/mol. The summed E-state index contributed by atoms with van der Waals surface area (Å²) < 4.78 is 0. The number of hydrogen-bond donors (Lipinski definition) is 0. The van der Waals surface area contributed by atoms with E-state index >= 15 is 0 Å². The zero-order chi connectivity index (χ0) is 20.8. The molecular formula is C25H9N5. The Hall–Kier alpha value is -4.97. The first-order valence-corrected chi connectivity index (χ1v) is 9.06. The topological polar surface area (TPSA) is 108 Å². The smallest absolute Gasteiger partial charge is 0.102 e. The second-order valence-corrected chi connectivity index (χ2v) is 6.84. The van der Waals surface area contributed by atoms with Gasteiger partial charge in [0, 0.05) is 27.7 Å². The molecule has 0 radical (unpaired) electrons. The summed E-state index contributed by atoms with van der Waals surface area (Å²) in [5, 5.41) is 44.5. The van der Waals surface area contributed by atoms with Crippen LogP contribution in [0.2, 0.25) is 0 Å². The van der Waals surface area contributed by atoms with Crippen LogP contribution in [0.25, 0.3) is 43.2 Å². The summed E-state index contributed by atoms with van der Waals surface area (Å²) in [6.45, 7) is 0. The fourth-order valence-electron chi connectivity index (χ4n) is 4.20. The predicted molar refractivity (Wildman–Crippen MR) is 113 cm³/mol. The van der Waals surface area contributed by atoms with Crippen LogP contribution in [0.3, 0.4) is 0 Å². The van der Waals surface area contributed by atoms with E-state index in [9.17, 15) is 21.0 Å². The van der Waals surface area contributed by atoms with E-state index in [4.69, 9.17) is 0 Å². The van der Waals surface area contributed by atoms with Gasteiger partial charge in [0.2, 0.25) is 0 Å². The molecule has 0 bridgehead atoms. The zero-order valence-electron chi connectivity index (χ0n) is 15.4. The van der Waals surface area contributed by atoms with Crippen LogP contribution in [0.4, 0.5) is 0 Å². The van der Waals surface area contributed by atoms with Crippen molar-refractivity contribution in [3.8, 4) is 24.3 Å². The van der Waals surface area contributed by atoms with Gasteiger partial charge in [0.05, 0.1) is 27.8 Å². The van der Waals surface area contributed by atoms with E-state index in [2.05, 4.69) is 17.1 Å². The fourth-order valence-corrected chi connectivity index (χ4v) is 4.20. The molecule has 30 heavy (non-hydrogen) atoms. The first-order valence-electron chi connectivity index (χ1n) is 9.06. The largest absolute Gasteiger partial charge is 0.256 e. The molecule has 5 rings (SSSR count). The SMILES string of the molecule is N#Cc1c(C#N)c(C#N)c2c3cccnc3c3cc4ccccc4cc3c2c1C#N. The summed E-state index contributed by atoms with van der Waals surface area (Å²) in [7, 11) is 0. The second-order valence-electron chi connectivity index (χ2n) is 6.84. The number of rotatable bonds is 0. The second kappa shape index (κ2) is 6.29. The molecule has 0 atom stereocenters. The molecule has 0 saturated heterocycles. The van der Waals surface area contributed by atoms with Gasteiger partial charge in [0.25, 0.3) is 0 Å². The van der Waals surface area contributed by atoms with Gasteiger partial charge in [-0.25, -0.2) is 0 Å². The number of nitrogens with zero attached hydrogens (tertiary/aromatic N) is 5. The molecule has 4 aromatic carbocycles. The molecule has 5 aromatic rings. The van der Waals surface area contributed by atoms with E-state index in [1.54, 1.807) is 12.3 Å². The van der Waals surface area contributed by atoms with Crippen LogP contribution < -0.4 is 0 Å². The Morgan fingerprint density at radius 3 is 1.67 bits per heavy atom. The monoisotopic (exact) mass is 379 g/mol. The van der Waals surface area contributed by atoms with Crippen molar-refractivity contribution in [2.45, 2.75) is 0 Å². The molecule has 0 amide bonds. The molecule has 1 heterocycles. The van der Waals surface area contributed by atoms with Gasteiger partial charge in [0.1, 0.15) is 24.3 Å². The molecule has 0 saturated carbocycles. The van der Waals surface area contributed by atoms with Gasteiger partial charge in [-0.3, -0.25) is 4.98 Å².